The van der Waals surface area contributed by atoms with E-state index < -0.39 is 0 Å². The normalized spacial score (nSPS) is 10.9. The molecular formula is C18H25BrIN5OS. The standard InChI is InChI=1S/C18H24BrN5OS.HI/c1-12-9-14(19)5-6-16(12)23-17(25)7-8-21-18(20-3)24(4)10-15-11-26-13(2)22-15;/h5-6,9,11H,7-8,10H2,1-4H3,(H,20,21)(H,23,25);1H. The fourth-order valence-corrected chi connectivity index (χ4v) is 3.53. The number of hydrogen-bond acceptors (Lipinski definition) is 4. The number of aromatic nitrogens is 1. The molecule has 27 heavy (non-hydrogen) atoms. The zero-order valence-electron chi connectivity index (χ0n) is 15.9. The Hall–Kier alpha value is -1.20. The zero-order valence-corrected chi connectivity index (χ0v) is 20.6. The average Bonchev–Trinajstić information content (AvgIpc) is 2.99. The van der Waals surface area contributed by atoms with Crippen LogP contribution in [0.15, 0.2) is 33.0 Å². The minimum absolute atomic E-state index is 0. The second-order valence-corrected chi connectivity index (χ2v) is 7.92. The second-order valence-electron chi connectivity index (χ2n) is 5.95. The summed E-state index contributed by atoms with van der Waals surface area (Å²) in [7, 11) is 3.69. The summed E-state index contributed by atoms with van der Waals surface area (Å²) in [6.07, 6.45) is 0.359. The van der Waals surface area contributed by atoms with Crippen LogP contribution in [0.3, 0.4) is 0 Å². The third-order valence-corrected chi connectivity index (χ3v) is 5.05. The number of guanidine groups is 1. The van der Waals surface area contributed by atoms with Crippen molar-refractivity contribution in [2.75, 3.05) is 26.0 Å². The van der Waals surface area contributed by atoms with Gasteiger partial charge in [-0.3, -0.25) is 9.79 Å². The van der Waals surface area contributed by atoms with Crippen LogP contribution in [0.5, 0.6) is 0 Å². The van der Waals surface area contributed by atoms with Gasteiger partial charge in [0.2, 0.25) is 5.91 Å². The van der Waals surface area contributed by atoms with Crippen LogP contribution in [0, 0.1) is 13.8 Å². The fraction of sp³-hybridized carbons (Fsp3) is 0.389. The van der Waals surface area contributed by atoms with Gasteiger partial charge in [-0.15, -0.1) is 35.3 Å². The van der Waals surface area contributed by atoms with Gasteiger partial charge >= 0.3 is 0 Å². The van der Waals surface area contributed by atoms with Crippen LogP contribution in [-0.2, 0) is 11.3 Å². The average molecular weight is 566 g/mol. The minimum Gasteiger partial charge on any atom is -0.356 e. The maximum Gasteiger partial charge on any atom is 0.226 e. The van der Waals surface area contributed by atoms with Crippen molar-refractivity contribution in [2.45, 2.75) is 26.8 Å². The Bertz CT molecular complexity index is 796. The summed E-state index contributed by atoms with van der Waals surface area (Å²) >= 11 is 5.06. The predicted molar refractivity (Wildman–Crippen MR) is 127 cm³/mol. The van der Waals surface area contributed by atoms with Crippen LogP contribution in [0.1, 0.15) is 22.7 Å². The van der Waals surface area contributed by atoms with E-state index in [9.17, 15) is 4.79 Å². The van der Waals surface area contributed by atoms with Gasteiger partial charge in [-0.25, -0.2) is 4.98 Å². The zero-order chi connectivity index (χ0) is 19.1. The number of nitrogens with one attached hydrogen (secondary N) is 2. The Morgan fingerprint density at radius 2 is 2.11 bits per heavy atom. The molecule has 6 nitrogen and oxygen atoms in total. The molecule has 0 aliphatic heterocycles. The highest BCUT2D eigenvalue weighted by molar-refractivity contribution is 14.0. The predicted octanol–water partition coefficient (Wildman–Crippen LogP) is 4.18. The van der Waals surface area contributed by atoms with Crippen molar-refractivity contribution in [3.63, 3.8) is 0 Å². The number of aliphatic imine (C=N–C) groups is 1. The van der Waals surface area contributed by atoms with Crippen molar-refractivity contribution < 1.29 is 4.79 Å². The lowest BCUT2D eigenvalue weighted by molar-refractivity contribution is -0.116. The lowest BCUT2D eigenvalue weighted by Gasteiger charge is -2.21. The molecule has 0 aliphatic carbocycles. The molecule has 1 amide bonds. The third kappa shape index (κ3) is 7.74. The first kappa shape index (κ1) is 23.8. The van der Waals surface area contributed by atoms with Crippen molar-refractivity contribution in [2.24, 2.45) is 4.99 Å². The molecule has 0 aliphatic rings. The van der Waals surface area contributed by atoms with Gasteiger partial charge in [0.25, 0.3) is 0 Å². The quantitative estimate of drug-likeness (QED) is 0.313. The number of thiazole rings is 1. The number of nitrogens with zero attached hydrogens (tertiary/aromatic N) is 3. The number of halogens is 2. The topological polar surface area (TPSA) is 69.6 Å². The van der Waals surface area contributed by atoms with Gasteiger partial charge in [0.05, 0.1) is 17.2 Å². The summed E-state index contributed by atoms with van der Waals surface area (Å²) < 4.78 is 0.997. The number of carbonyl (C=O) groups is 1. The van der Waals surface area contributed by atoms with Gasteiger partial charge in [0.1, 0.15) is 0 Å². The molecule has 148 valence electrons. The summed E-state index contributed by atoms with van der Waals surface area (Å²) in [5.41, 5.74) is 2.87. The molecule has 2 aromatic rings. The largest absolute Gasteiger partial charge is 0.356 e. The first-order chi connectivity index (χ1) is 12.4. The summed E-state index contributed by atoms with van der Waals surface area (Å²) in [4.78, 5) is 22.9. The van der Waals surface area contributed by atoms with E-state index in [-0.39, 0.29) is 29.9 Å². The molecular weight excluding hydrogens is 541 g/mol. The lowest BCUT2D eigenvalue weighted by Crippen LogP contribution is -2.39. The Kier molecular flexibility index (Phi) is 10.2. The maximum atomic E-state index is 12.2. The van der Waals surface area contributed by atoms with Crippen LogP contribution in [0.4, 0.5) is 5.69 Å². The number of aryl methyl sites for hydroxylation is 2. The van der Waals surface area contributed by atoms with Gasteiger partial charge in [-0.2, -0.15) is 0 Å². The smallest absolute Gasteiger partial charge is 0.226 e. The Morgan fingerprint density at radius 3 is 2.70 bits per heavy atom. The van der Waals surface area contributed by atoms with Crippen LogP contribution in [0.2, 0.25) is 0 Å². The van der Waals surface area contributed by atoms with E-state index in [2.05, 4.69) is 36.5 Å². The number of anilines is 1. The molecule has 2 rings (SSSR count). The monoisotopic (exact) mass is 565 g/mol. The van der Waals surface area contributed by atoms with Crippen LogP contribution < -0.4 is 10.6 Å². The third-order valence-electron chi connectivity index (χ3n) is 3.74. The van der Waals surface area contributed by atoms with Gasteiger partial charge < -0.3 is 15.5 Å². The van der Waals surface area contributed by atoms with E-state index in [1.54, 1.807) is 18.4 Å². The fourth-order valence-electron chi connectivity index (χ4n) is 2.45. The molecule has 0 spiro atoms. The summed E-state index contributed by atoms with van der Waals surface area (Å²) in [5.74, 6) is 0.708. The van der Waals surface area contributed by atoms with E-state index in [1.807, 2.05) is 49.4 Å². The van der Waals surface area contributed by atoms with E-state index in [0.29, 0.717) is 19.5 Å². The molecule has 9 heteroatoms. The molecule has 1 aromatic heterocycles. The lowest BCUT2D eigenvalue weighted by atomic mass is 10.2. The Balaban J connectivity index is 0.00000364. The highest BCUT2D eigenvalue weighted by Gasteiger charge is 2.10. The van der Waals surface area contributed by atoms with E-state index in [4.69, 9.17) is 0 Å². The second kappa shape index (κ2) is 11.6. The highest BCUT2D eigenvalue weighted by atomic mass is 127. The summed E-state index contributed by atoms with van der Waals surface area (Å²) in [6, 6.07) is 5.79. The number of amides is 1. The molecule has 0 saturated heterocycles. The van der Waals surface area contributed by atoms with Crippen LogP contribution >= 0.6 is 51.2 Å². The number of carbonyl (C=O) groups excluding carboxylic acids is 1. The molecule has 2 N–H and O–H groups in total. The van der Waals surface area contributed by atoms with Crippen LogP contribution in [0.25, 0.3) is 0 Å². The Labute approximate surface area is 190 Å². The van der Waals surface area contributed by atoms with Crippen molar-refractivity contribution in [3.8, 4) is 0 Å². The van der Waals surface area contributed by atoms with E-state index in [1.165, 1.54) is 0 Å². The molecule has 0 fully saturated rings. The van der Waals surface area contributed by atoms with Crippen LogP contribution in [-0.4, -0.2) is 42.4 Å². The van der Waals surface area contributed by atoms with Gasteiger partial charge in [-0.05, 0) is 37.6 Å². The first-order valence-corrected chi connectivity index (χ1v) is 9.95. The molecule has 0 unspecified atom stereocenters. The van der Waals surface area contributed by atoms with E-state index >= 15 is 0 Å². The van der Waals surface area contributed by atoms with E-state index in [0.717, 1.165) is 32.4 Å². The number of hydrogen-bond donors (Lipinski definition) is 2. The molecule has 0 radical (unpaired) electrons. The highest BCUT2D eigenvalue weighted by Crippen LogP contribution is 2.20. The van der Waals surface area contributed by atoms with Gasteiger partial charge in [0.15, 0.2) is 5.96 Å². The number of rotatable bonds is 6. The molecule has 0 atom stereocenters. The number of benzene rings is 1. The SMILES string of the molecule is CN=C(NCCC(=O)Nc1ccc(Br)cc1C)N(C)Cc1csc(C)n1.I. The molecule has 1 heterocycles. The van der Waals surface area contributed by atoms with Crippen molar-refractivity contribution in [1.29, 1.82) is 0 Å². The molecule has 0 saturated carbocycles. The van der Waals surface area contributed by atoms with Crippen molar-refractivity contribution in [1.82, 2.24) is 15.2 Å². The summed E-state index contributed by atoms with van der Waals surface area (Å²) in [6.45, 7) is 5.14. The first-order valence-electron chi connectivity index (χ1n) is 8.28. The Morgan fingerprint density at radius 1 is 1.37 bits per heavy atom. The van der Waals surface area contributed by atoms with Gasteiger partial charge in [0, 0.05) is 42.6 Å². The minimum atomic E-state index is -0.0313. The summed E-state index contributed by atoms with van der Waals surface area (Å²) in [5, 5.41) is 9.26. The molecule has 1 aromatic carbocycles. The van der Waals surface area contributed by atoms with Crippen molar-refractivity contribution >= 4 is 68.8 Å². The maximum absolute atomic E-state index is 12.2. The molecule has 0 bridgehead atoms. The van der Waals surface area contributed by atoms with Gasteiger partial charge in [-0.1, -0.05) is 15.9 Å². The van der Waals surface area contributed by atoms with Crippen molar-refractivity contribution in [3.05, 3.63) is 44.3 Å².